The van der Waals surface area contributed by atoms with E-state index in [4.69, 9.17) is 4.74 Å². The first kappa shape index (κ1) is 9.92. The van der Waals surface area contributed by atoms with E-state index in [9.17, 15) is 13.2 Å². The van der Waals surface area contributed by atoms with Crippen molar-refractivity contribution in [2.75, 3.05) is 19.0 Å². The second-order valence-electron chi connectivity index (χ2n) is 3.96. The van der Waals surface area contributed by atoms with Crippen LogP contribution in [0, 0.1) is 0 Å². The highest BCUT2D eigenvalue weighted by atomic mass is 32.2. The quantitative estimate of drug-likeness (QED) is 0.572. The molecule has 2 rings (SSSR count). The Morgan fingerprint density at radius 1 is 1.57 bits per heavy atom. The van der Waals surface area contributed by atoms with Crippen LogP contribution in [0.25, 0.3) is 0 Å². The summed E-state index contributed by atoms with van der Waals surface area (Å²) in [7, 11) is -3.05. The minimum Gasteiger partial charge on any atom is -0.369 e. The number of nitrogens with one attached hydrogen (secondary N) is 1. The third-order valence-corrected chi connectivity index (χ3v) is 5.43. The Kier molecular flexibility index (Phi) is 2.08. The maximum atomic E-state index is 11.5. The summed E-state index contributed by atoms with van der Waals surface area (Å²) in [4.78, 5) is 11.1. The van der Waals surface area contributed by atoms with Crippen LogP contribution in [0.15, 0.2) is 0 Å². The fourth-order valence-electron chi connectivity index (χ4n) is 2.08. The van der Waals surface area contributed by atoms with Crippen molar-refractivity contribution in [2.24, 2.45) is 0 Å². The van der Waals surface area contributed by atoms with E-state index in [0.717, 1.165) is 0 Å². The Balaban J connectivity index is 2.29. The molecular formula is C8H13NO4S. The van der Waals surface area contributed by atoms with Crippen LogP contribution in [-0.2, 0) is 19.4 Å². The lowest BCUT2D eigenvalue weighted by atomic mass is 9.93. The molecule has 1 spiro atoms. The van der Waals surface area contributed by atoms with Crippen molar-refractivity contribution in [1.82, 2.24) is 5.32 Å². The van der Waals surface area contributed by atoms with E-state index in [-0.39, 0.29) is 18.3 Å². The smallest absolute Gasteiger partial charge is 0.246 e. The molecule has 2 aliphatic rings. The first-order valence-corrected chi connectivity index (χ1v) is 6.28. The van der Waals surface area contributed by atoms with Gasteiger partial charge in [-0.1, -0.05) is 0 Å². The number of carbonyl (C=O) groups excluding carboxylic acids is 1. The van der Waals surface area contributed by atoms with Gasteiger partial charge in [0, 0.05) is 0 Å². The number of hydrogen-bond donors (Lipinski definition) is 1. The molecule has 1 N–H and O–H groups in total. The molecule has 2 unspecified atom stereocenters. The zero-order valence-electron chi connectivity index (χ0n) is 7.95. The van der Waals surface area contributed by atoms with E-state index in [1.54, 1.807) is 6.92 Å². The highest BCUT2D eigenvalue weighted by Gasteiger charge is 2.52. The Labute approximate surface area is 82.7 Å². The standard InChI is InChI=1S/C8H13NO4S/c1-6-8(2-3-14(6,11)12)5-13-4-7(10)9-8/h6H,2-5H2,1H3,(H,9,10). The van der Waals surface area contributed by atoms with Gasteiger partial charge in [0.2, 0.25) is 5.91 Å². The third-order valence-electron chi connectivity index (χ3n) is 3.13. The molecule has 14 heavy (non-hydrogen) atoms. The maximum absolute atomic E-state index is 11.5. The van der Waals surface area contributed by atoms with Crippen LogP contribution in [-0.4, -0.2) is 44.1 Å². The molecule has 0 aromatic carbocycles. The fraction of sp³-hybridized carbons (Fsp3) is 0.875. The van der Waals surface area contributed by atoms with Gasteiger partial charge in [-0.3, -0.25) is 4.79 Å². The van der Waals surface area contributed by atoms with Gasteiger partial charge in [0.1, 0.15) is 6.61 Å². The van der Waals surface area contributed by atoms with Crippen LogP contribution in [0.3, 0.4) is 0 Å². The van der Waals surface area contributed by atoms with Gasteiger partial charge in [-0.25, -0.2) is 8.42 Å². The highest BCUT2D eigenvalue weighted by Crippen LogP contribution is 2.32. The summed E-state index contributed by atoms with van der Waals surface area (Å²) < 4.78 is 28.2. The number of amides is 1. The van der Waals surface area contributed by atoms with Gasteiger partial charge in [0.15, 0.2) is 9.84 Å². The van der Waals surface area contributed by atoms with Gasteiger partial charge in [0.25, 0.3) is 0 Å². The molecule has 6 heteroatoms. The minimum absolute atomic E-state index is 0.0362. The van der Waals surface area contributed by atoms with Crippen LogP contribution >= 0.6 is 0 Å². The van der Waals surface area contributed by atoms with E-state index in [1.807, 2.05) is 0 Å². The molecule has 0 saturated carbocycles. The molecule has 0 radical (unpaired) electrons. The summed E-state index contributed by atoms with van der Waals surface area (Å²) >= 11 is 0. The number of sulfone groups is 1. The topological polar surface area (TPSA) is 72.5 Å². The molecule has 2 fully saturated rings. The van der Waals surface area contributed by atoms with E-state index in [0.29, 0.717) is 13.0 Å². The molecule has 5 nitrogen and oxygen atoms in total. The van der Waals surface area contributed by atoms with Crippen LogP contribution in [0.5, 0.6) is 0 Å². The Morgan fingerprint density at radius 3 is 2.79 bits per heavy atom. The molecule has 2 heterocycles. The summed E-state index contributed by atoms with van der Waals surface area (Å²) in [6.45, 7) is 1.98. The van der Waals surface area contributed by atoms with Gasteiger partial charge >= 0.3 is 0 Å². The lowest BCUT2D eigenvalue weighted by Gasteiger charge is -2.36. The van der Waals surface area contributed by atoms with Crippen molar-refractivity contribution in [3.05, 3.63) is 0 Å². The van der Waals surface area contributed by atoms with Crippen LogP contribution < -0.4 is 5.32 Å². The summed E-state index contributed by atoms with van der Waals surface area (Å²) in [6.07, 6.45) is 0.461. The number of carbonyl (C=O) groups is 1. The van der Waals surface area contributed by atoms with E-state index >= 15 is 0 Å². The number of hydrogen-bond acceptors (Lipinski definition) is 4. The molecule has 2 aliphatic heterocycles. The molecule has 0 bridgehead atoms. The number of rotatable bonds is 0. The fourth-order valence-corrected chi connectivity index (χ4v) is 4.01. The van der Waals surface area contributed by atoms with Crippen molar-refractivity contribution in [2.45, 2.75) is 24.1 Å². The van der Waals surface area contributed by atoms with Gasteiger partial charge in [0.05, 0.1) is 23.1 Å². The zero-order chi connectivity index (χ0) is 10.4. The first-order valence-electron chi connectivity index (χ1n) is 4.57. The SMILES string of the molecule is CC1C2(CCS1(=O)=O)COCC(=O)N2. The molecule has 0 aromatic rings. The van der Waals surface area contributed by atoms with Gasteiger partial charge in [-0.05, 0) is 13.3 Å². The first-order chi connectivity index (χ1) is 6.46. The minimum atomic E-state index is -3.05. The molecule has 2 saturated heterocycles. The predicted molar refractivity (Wildman–Crippen MR) is 49.6 cm³/mol. The van der Waals surface area contributed by atoms with Crippen molar-refractivity contribution < 1.29 is 17.9 Å². The van der Waals surface area contributed by atoms with Crippen LogP contribution in [0.4, 0.5) is 0 Å². The Morgan fingerprint density at radius 2 is 2.29 bits per heavy atom. The van der Waals surface area contributed by atoms with Gasteiger partial charge < -0.3 is 10.1 Å². The lowest BCUT2D eigenvalue weighted by molar-refractivity contribution is -0.135. The summed E-state index contributed by atoms with van der Waals surface area (Å²) in [5.41, 5.74) is -0.672. The summed E-state index contributed by atoms with van der Waals surface area (Å²) in [5, 5.41) is 2.21. The number of ether oxygens (including phenoxy) is 1. The lowest BCUT2D eigenvalue weighted by Crippen LogP contribution is -2.61. The second-order valence-corrected chi connectivity index (χ2v) is 6.40. The van der Waals surface area contributed by atoms with E-state index in [1.165, 1.54) is 0 Å². The van der Waals surface area contributed by atoms with Crippen molar-refractivity contribution >= 4 is 15.7 Å². The zero-order valence-corrected chi connectivity index (χ0v) is 8.76. The average Bonchev–Trinajstić information content (AvgIpc) is 2.32. The average molecular weight is 219 g/mol. The molecule has 2 atom stereocenters. The van der Waals surface area contributed by atoms with E-state index in [2.05, 4.69) is 5.32 Å². The maximum Gasteiger partial charge on any atom is 0.246 e. The van der Waals surface area contributed by atoms with Crippen LogP contribution in [0.1, 0.15) is 13.3 Å². The molecule has 0 aliphatic carbocycles. The van der Waals surface area contributed by atoms with Gasteiger partial charge in [-0.15, -0.1) is 0 Å². The van der Waals surface area contributed by atoms with E-state index < -0.39 is 20.6 Å². The molecular weight excluding hydrogens is 206 g/mol. The molecule has 1 amide bonds. The number of morpholine rings is 1. The monoisotopic (exact) mass is 219 g/mol. The summed E-state index contributed by atoms with van der Waals surface area (Å²) in [6, 6.07) is 0. The Hall–Kier alpha value is -0.620. The van der Waals surface area contributed by atoms with Gasteiger partial charge in [-0.2, -0.15) is 0 Å². The second kappa shape index (κ2) is 2.93. The summed E-state index contributed by atoms with van der Waals surface area (Å²) in [5.74, 6) is -0.0853. The largest absolute Gasteiger partial charge is 0.369 e. The van der Waals surface area contributed by atoms with Crippen molar-refractivity contribution in [1.29, 1.82) is 0 Å². The third kappa shape index (κ3) is 1.33. The molecule has 80 valence electrons. The highest BCUT2D eigenvalue weighted by molar-refractivity contribution is 7.92. The Bertz CT molecular complexity index is 364. The van der Waals surface area contributed by atoms with Crippen molar-refractivity contribution in [3.63, 3.8) is 0 Å². The predicted octanol–water partition coefficient (Wildman–Crippen LogP) is -0.921. The van der Waals surface area contributed by atoms with Crippen LogP contribution in [0.2, 0.25) is 0 Å². The normalized spacial score (nSPS) is 41.2. The van der Waals surface area contributed by atoms with Crippen molar-refractivity contribution in [3.8, 4) is 0 Å². The molecule has 0 aromatic heterocycles.